The molecule has 0 unspecified atom stereocenters. The minimum Gasteiger partial charge on any atom is -0.484 e. The van der Waals surface area contributed by atoms with Gasteiger partial charge in [-0.1, -0.05) is 0 Å². The molecule has 8 heteroatoms. The lowest BCUT2D eigenvalue weighted by molar-refractivity contribution is -0.134. The van der Waals surface area contributed by atoms with Crippen molar-refractivity contribution in [2.75, 3.05) is 19.7 Å². The molecule has 0 N–H and O–H groups in total. The Morgan fingerprint density at radius 1 is 1.28 bits per heavy atom. The quantitative estimate of drug-likeness (QED) is 0.834. The zero-order chi connectivity index (χ0) is 18.0. The van der Waals surface area contributed by atoms with E-state index in [1.807, 2.05) is 6.92 Å². The summed E-state index contributed by atoms with van der Waals surface area (Å²) >= 11 is 0. The Bertz CT molecular complexity index is 804. The summed E-state index contributed by atoms with van der Waals surface area (Å²) < 4.78 is 21.3. The number of hydrogen-bond acceptors (Lipinski definition) is 4. The summed E-state index contributed by atoms with van der Waals surface area (Å²) in [6.07, 6.45) is 1.41. The highest BCUT2D eigenvalue weighted by Crippen LogP contribution is 2.22. The fourth-order valence-electron chi connectivity index (χ4n) is 3.16. The van der Waals surface area contributed by atoms with Crippen molar-refractivity contribution >= 4 is 5.91 Å². The van der Waals surface area contributed by atoms with Crippen LogP contribution in [0, 0.1) is 12.7 Å². The third-order valence-corrected chi connectivity index (χ3v) is 4.48. The molecule has 0 aliphatic carbocycles. The molecule has 1 aliphatic rings. The Morgan fingerprint density at radius 3 is 2.48 bits per heavy atom. The largest absolute Gasteiger partial charge is 0.484 e. The van der Waals surface area contributed by atoms with Crippen molar-refractivity contribution in [1.82, 2.24) is 19.2 Å². The van der Waals surface area contributed by atoms with E-state index in [2.05, 4.69) is 5.10 Å². The number of amides is 1. The minimum absolute atomic E-state index is 0.0586. The van der Waals surface area contributed by atoms with Gasteiger partial charge in [0.05, 0.1) is 0 Å². The van der Waals surface area contributed by atoms with Crippen LogP contribution in [0.25, 0.3) is 0 Å². The van der Waals surface area contributed by atoms with Gasteiger partial charge in [0.1, 0.15) is 17.4 Å². The number of halogens is 1. The molecule has 1 aromatic heterocycles. The fourth-order valence-corrected chi connectivity index (χ4v) is 3.16. The minimum atomic E-state index is -0.346. The maximum atomic E-state index is 12.9. The van der Waals surface area contributed by atoms with Gasteiger partial charge in [0.15, 0.2) is 6.61 Å². The van der Waals surface area contributed by atoms with E-state index < -0.39 is 0 Å². The van der Waals surface area contributed by atoms with E-state index in [9.17, 15) is 14.0 Å². The van der Waals surface area contributed by atoms with Gasteiger partial charge in [0, 0.05) is 26.2 Å². The second kappa shape index (κ2) is 7.08. The monoisotopic (exact) mass is 348 g/mol. The molecule has 0 bridgehead atoms. The van der Waals surface area contributed by atoms with E-state index in [1.165, 1.54) is 28.9 Å². The van der Waals surface area contributed by atoms with Gasteiger partial charge in [0.25, 0.3) is 5.91 Å². The number of piperidine rings is 1. The van der Waals surface area contributed by atoms with E-state index in [0.29, 0.717) is 37.5 Å². The maximum absolute atomic E-state index is 12.9. The van der Waals surface area contributed by atoms with Crippen molar-refractivity contribution in [3.05, 3.63) is 46.4 Å². The van der Waals surface area contributed by atoms with Gasteiger partial charge >= 0.3 is 5.69 Å². The number of aromatic nitrogens is 3. The van der Waals surface area contributed by atoms with Gasteiger partial charge < -0.3 is 9.64 Å². The third-order valence-electron chi connectivity index (χ3n) is 4.48. The average molecular weight is 348 g/mol. The second-order valence-electron chi connectivity index (χ2n) is 6.18. The van der Waals surface area contributed by atoms with Crippen LogP contribution in [0.1, 0.15) is 24.7 Å². The van der Waals surface area contributed by atoms with Crippen LogP contribution in [0.15, 0.2) is 29.1 Å². The van der Waals surface area contributed by atoms with E-state index in [-0.39, 0.29) is 30.1 Å². The number of nitrogens with zero attached hydrogens (tertiary/aromatic N) is 4. The Kier molecular flexibility index (Phi) is 4.87. The topological polar surface area (TPSA) is 69.4 Å². The smallest absolute Gasteiger partial charge is 0.345 e. The summed E-state index contributed by atoms with van der Waals surface area (Å²) in [5.74, 6) is 0.693. The molecule has 2 heterocycles. The maximum Gasteiger partial charge on any atom is 0.345 e. The Hall–Kier alpha value is -2.64. The van der Waals surface area contributed by atoms with E-state index in [1.54, 1.807) is 16.5 Å². The molecule has 25 heavy (non-hydrogen) atoms. The van der Waals surface area contributed by atoms with Gasteiger partial charge in [-0.2, -0.15) is 5.10 Å². The summed E-state index contributed by atoms with van der Waals surface area (Å²) in [6, 6.07) is 5.63. The first-order valence-corrected chi connectivity index (χ1v) is 8.24. The molecule has 0 atom stereocenters. The van der Waals surface area contributed by atoms with Crippen molar-refractivity contribution in [3.8, 4) is 5.75 Å². The van der Waals surface area contributed by atoms with Gasteiger partial charge in [0.2, 0.25) is 0 Å². The molecule has 0 spiro atoms. The molecule has 2 aromatic rings. The Morgan fingerprint density at radius 2 is 1.92 bits per heavy atom. The molecule has 1 fully saturated rings. The van der Waals surface area contributed by atoms with Crippen LogP contribution in [0.4, 0.5) is 4.39 Å². The summed E-state index contributed by atoms with van der Waals surface area (Å²) in [6.45, 7) is 2.87. The van der Waals surface area contributed by atoms with Gasteiger partial charge in [-0.15, -0.1) is 0 Å². The third kappa shape index (κ3) is 3.72. The van der Waals surface area contributed by atoms with Crippen LogP contribution in [0.2, 0.25) is 0 Å². The molecule has 7 nitrogen and oxygen atoms in total. The van der Waals surface area contributed by atoms with E-state index in [4.69, 9.17) is 4.74 Å². The van der Waals surface area contributed by atoms with E-state index >= 15 is 0 Å². The highest BCUT2D eigenvalue weighted by Gasteiger charge is 2.26. The molecule has 0 saturated carbocycles. The lowest BCUT2D eigenvalue weighted by atomic mass is 10.0. The molecule has 1 aromatic carbocycles. The predicted molar refractivity (Wildman–Crippen MR) is 89.0 cm³/mol. The van der Waals surface area contributed by atoms with Crippen molar-refractivity contribution in [2.24, 2.45) is 7.05 Å². The molecule has 1 aliphatic heterocycles. The second-order valence-corrected chi connectivity index (χ2v) is 6.18. The zero-order valence-corrected chi connectivity index (χ0v) is 14.3. The van der Waals surface area contributed by atoms with Crippen LogP contribution in [0.3, 0.4) is 0 Å². The summed E-state index contributed by atoms with van der Waals surface area (Å²) in [7, 11) is 1.64. The number of carbonyl (C=O) groups is 1. The fraction of sp³-hybridized carbons (Fsp3) is 0.471. The van der Waals surface area contributed by atoms with Gasteiger partial charge in [-0.3, -0.25) is 9.36 Å². The van der Waals surface area contributed by atoms with E-state index in [0.717, 1.165) is 0 Å². The predicted octanol–water partition coefficient (Wildman–Crippen LogP) is 1.27. The average Bonchev–Trinajstić information content (AvgIpc) is 2.86. The first kappa shape index (κ1) is 17.2. The Labute approximate surface area is 144 Å². The lowest BCUT2D eigenvalue weighted by Crippen LogP contribution is -2.43. The van der Waals surface area contributed by atoms with Crippen molar-refractivity contribution in [3.63, 3.8) is 0 Å². The number of rotatable bonds is 4. The highest BCUT2D eigenvalue weighted by molar-refractivity contribution is 5.77. The van der Waals surface area contributed by atoms with Crippen LogP contribution in [0.5, 0.6) is 5.75 Å². The normalized spacial score (nSPS) is 15.4. The van der Waals surface area contributed by atoms with Crippen LogP contribution >= 0.6 is 0 Å². The molecule has 134 valence electrons. The molecular weight excluding hydrogens is 327 g/mol. The number of hydrogen-bond donors (Lipinski definition) is 0. The number of benzene rings is 1. The zero-order valence-electron chi connectivity index (χ0n) is 14.3. The van der Waals surface area contributed by atoms with Gasteiger partial charge in [-0.05, 0) is 44.0 Å². The first-order valence-electron chi connectivity index (χ1n) is 8.24. The summed E-state index contributed by atoms with van der Waals surface area (Å²) in [5, 5.41) is 4.15. The number of ether oxygens (including phenoxy) is 1. The van der Waals surface area contributed by atoms with Crippen LogP contribution in [-0.2, 0) is 11.8 Å². The molecule has 3 rings (SSSR count). The van der Waals surface area contributed by atoms with Crippen molar-refractivity contribution in [2.45, 2.75) is 25.8 Å². The molecule has 1 saturated heterocycles. The van der Waals surface area contributed by atoms with Crippen LogP contribution < -0.4 is 10.4 Å². The highest BCUT2D eigenvalue weighted by atomic mass is 19.1. The SMILES string of the molecule is Cc1nn(C)c(=O)n1C1CCN(C(=O)COc2ccc(F)cc2)CC1. The van der Waals surface area contributed by atoms with Gasteiger partial charge in [-0.25, -0.2) is 13.9 Å². The number of carbonyl (C=O) groups excluding carboxylic acids is 1. The number of aryl methyl sites for hydroxylation is 2. The van der Waals surface area contributed by atoms with Crippen LogP contribution in [-0.4, -0.2) is 44.9 Å². The molecular formula is C17H21FN4O3. The van der Waals surface area contributed by atoms with Crippen molar-refractivity contribution < 1.29 is 13.9 Å². The molecule has 1 amide bonds. The first-order chi connectivity index (χ1) is 12.0. The lowest BCUT2D eigenvalue weighted by Gasteiger charge is -2.32. The standard InChI is InChI=1S/C17H21FN4O3/c1-12-19-20(2)17(24)22(12)14-7-9-21(10-8-14)16(23)11-25-15-5-3-13(18)4-6-15/h3-6,14H,7-11H2,1-2H3. The molecule has 0 radical (unpaired) electrons. The summed E-state index contributed by atoms with van der Waals surface area (Å²) in [4.78, 5) is 26.1. The number of likely N-dealkylation sites (tertiary alicyclic amines) is 1. The summed E-state index contributed by atoms with van der Waals surface area (Å²) in [5.41, 5.74) is -0.123. The Balaban J connectivity index is 1.54. The van der Waals surface area contributed by atoms with Crippen molar-refractivity contribution in [1.29, 1.82) is 0 Å².